The van der Waals surface area contributed by atoms with Crippen molar-refractivity contribution in [2.45, 2.75) is 59.2 Å². The van der Waals surface area contributed by atoms with Crippen molar-refractivity contribution in [2.75, 3.05) is 52.8 Å². The number of phenolic OH excluding ortho intramolecular Hbond substituents is 1. The number of ether oxygens (including phenoxy) is 5. The van der Waals surface area contributed by atoms with Crippen molar-refractivity contribution in [3.05, 3.63) is 114 Å². The number of hydrogen-bond acceptors (Lipinski definition) is 13. The number of halogens is 1. The number of nitrogens with one attached hydrogen (secondary N) is 1. The molecule has 0 radical (unpaired) electrons. The maximum atomic E-state index is 14.0. The molecule has 0 saturated carbocycles. The number of thiazole rings is 1. The first-order valence-electron chi connectivity index (χ1n) is 22.2. The van der Waals surface area contributed by atoms with Gasteiger partial charge in [0.1, 0.15) is 42.3 Å². The Labute approximate surface area is 397 Å². The molecular weight excluding hydrogens is 898 g/mol. The zero-order valence-corrected chi connectivity index (χ0v) is 39.6. The molecule has 3 N–H and O–H groups in total. The van der Waals surface area contributed by atoms with Gasteiger partial charge in [-0.15, -0.1) is 22.7 Å². The van der Waals surface area contributed by atoms with Crippen molar-refractivity contribution in [2.24, 2.45) is 11.3 Å². The second-order valence-corrected chi connectivity index (χ2v) is 19.3. The van der Waals surface area contributed by atoms with Gasteiger partial charge >= 0.3 is 0 Å². The van der Waals surface area contributed by atoms with Crippen LogP contribution in [0.2, 0.25) is 0 Å². The molecule has 1 saturated heterocycles. The minimum atomic E-state index is -0.853. The first kappa shape index (κ1) is 49.2. The number of aromatic nitrogens is 1. The topological polar surface area (TPSA) is 166 Å². The Kier molecular flexibility index (Phi) is 16.8. The number of aliphatic hydroxyl groups is 1. The van der Waals surface area contributed by atoms with Crippen molar-refractivity contribution < 1.29 is 52.7 Å². The van der Waals surface area contributed by atoms with Crippen molar-refractivity contribution >= 4 is 50.4 Å². The summed E-state index contributed by atoms with van der Waals surface area (Å²) in [6.45, 7) is 9.43. The number of thiophene rings is 1. The number of Topliss-reactive ketones (excluding diaryl/α,β-unsaturated/α-hetero) is 1. The van der Waals surface area contributed by atoms with Crippen LogP contribution in [0.25, 0.3) is 31.0 Å². The molecule has 354 valence electrons. The highest BCUT2D eigenvalue weighted by Gasteiger charge is 2.44. The average molecular weight is 954 g/mol. The lowest BCUT2D eigenvalue weighted by atomic mass is 9.77. The van der Waals surface area contributed by atoms with E-state index in [0.717, 1.165) is 42.2 Å². The van der Waals surface area contributed by atoms with E-state index in [4.69, 9.17) is 23.7 Å². The summed E-state index contributed by atoms with van der Waals surface area (Å²) in [4.78, 5) is 48.1. The average Bonchev–Trinajstić information content (AvgIpc) is 4.03. The van der Waals surface area contributed by atoms with Crippen LogP contribution in [0, 0.1) is 24.1 Å². The zero-order chi connectivity index (χ0) is 47.5. The number of aromatic hydroxyl groups is 1. The van der Waals surface area contributed by atoms with Crippen LogP contribution in [-0.4, -0.2) is 103 Å². The third kappa shape index (κ3) is 13.2. The number of hydrogen-bond donors (Lipinski definition) is 3. The van der Waals surface area contributed by atoms with E-state index in [1.165, 1.54) is 28.4 Å². The Hall–Kier alpha value is -5.75. The molecule has 2 aromatic heterocycles. The van der Waals surface area contributed by atoms with Gasteiger partial charge in [0.05, 0.1) is 60.1 Å². The van der Waals surface area contributed by atoms with Crippen molar-refractivity contribution in [1.82, 2.24) is 15.2 Å². The fourth-order valence-corrected chi connectivity index (χ4v) is 9.72. The summed E-state index contributed by atoms with van der Waals surface area (Å²) < 4.78 is 43.5. The molecule has 0 spiro atoms. The van der Waals surface area contributed by atoms with E-state index in [1.807, 2.05) is 57.5 Å². The van der Waals surface area contributed by atoms with Gasteiger partial charge in [-0.05, 0) is 83.6 Å². The fourth-order valence-electron chi connectivity index (χ4n) is 7.74. The number of aryl methyl sites for hydroxylation is 1. The maximum Gasteiger partial charge on any atom is 0.243 e. The number of likely N-dealkylation sites (tertiary alicyclic amines) is 1. The van der Waals surface area contributed by atoms with E-state index in [-0.39, 0.29) is 74.9 Å². The van der Waals surface area contributed by atoms with Gasteiger partial charge in [-0.3, -0.25) is 14.4 Å². The van der Waals surface area contributed by atoms with Gasteiger partial charge in [-0.2, -0.15) is 0 Å². The van der Waals surface area contributed by atoms with Crippen LogP contribution in [0.3, 0.4) is 0 Å². The number of carbonyl (C=O) groups excluding carboxylic acids is 3. The molecule has 7 rings (SSSR count). The van der Waals surface area contributed by atoms with Crippen LogP contribution >= 0.6 is 22.7 Å². The number of β-amino-alcohol motifs (C(OH)–C–C–N with tert-alkyl or cyclic N) is 1. The number of nitrogens with zero attached hydrogens (tertiary/aromatic N) is 2. The Balaban J connectivity index is 0.771. The molecule has 0 bridgehead atoms. The molecule has 4 aromatic carbocycles. The number of ketones is 1. The molecule has 1 fully saturated rings. The molecule has 3 heterocycles. The molecule has 3 atom stereocenters. The third-order valence-electron chi connectivity index (χ3n) is 11.3. The summed E-state index contributed by atoms with van der Waals surface area (Å²) in [7, 11) is 0. The van der Waals surface area contributed by atoms with Gasteiger partial charge in [0, 0.05) is 41.9 Å². The number of amides is 2. The number of aliphatic hydroxyl groups excluding tert-OH is 1. The van der Waals surface area contributed by atoms with Gasteiger partial charge in [-0.25, -0.2) is 9.37 Å². The number of benzene rings is 4. The van der Waals surface area contributed by atoms with E-state index in [9.17, 15) is 29.0 Å². The molecule has 1 aliphatic heterocycles. The van der Waals surface area contributed by atoms with E-state index in [1.54, 1.807) is 65.9 Å². The SMILES string of the molecule is Cc1ncsc1-c1ccc(CNC(=O)[C@@H]2C[C@@H](O)CN2C(=O)[C@@H](CC(=O)COCCOCCOCCOc2ccc(Oc3c(-c4ccc(F)cc4)sc4cc(O)ccc34)cc2)C(C)(C)C)cc1. The lowest BCUT2D eigenvalue weighted by molar-refractivity contribution is -0.146. The van der Waals surface area contributed by atoms with E-state index < -0.39 is 23.5 Å². The van der Waals surface area contributed by atoms with Crippen LogP contribution in [0.4, 0.5) is 4.39 Å². The van der Waals surface area contributed by atoms with Crippen LogP contribution in [0.15, 0.2) is 96.5 Å². The van der Waals surface area contributed by atoms with Gasteiger partial charge < -0.3 is 44.1 Å². The highest BCUT2D eigenvalue weighted by atomic mass is 32.1. The minimum Gasteiger partial charge on any atom is -0.508 e. The largest absolute Gasteiger partial charge is 0.508 e. The van der Waals surface area contributed by atoms with E-state index in [0.29, 0.717) is 43.7 Å². The molecule has 0 aliphatic carbocycles. The highest BCUT2D eigenvalue weighted by Crippen LogP contribution is 2.47. The van der Waals surface area contributed by atoms with E-state index >= 15 is 0 Å². The summed E-state index contributed by atoms with van der Waals surface area (Å²) in [6, 6.07) is 25.5. The summed E-state index contributed by atoms with van der Waals surface area (Å²) in [6.07, 6.45) is -0.801. The molecule has 0 unspecified atom stereocenters. The Morgan fingerprint density at radius 3 is 2.16 bits per heavy atom. The second-order valence-electron chi connectivity index (χ2n) is 17.4. The number of fused-ring (bicyclic) bond motifs is 1. The smallest absolute Gasteiger partial charge is 0.243 e. The standard InChI is InChI=1S/C51H56FN3O10S2/c1-32-47(66-31-54-32)34-7-5-33(6-8-34)28-53-49(59)44-26-38(57)29-55(44)50(60)43(51(2,3)4)25-39(58)30-63-22-21-61-19-20-62-23-24-64-40-14-16-41(17-15-40)65-46-42-18-13-37(56)27-45(42)67-48(46)35-9-11-36(52)12-10-35/h5-18,27,31,38,43-44,56-57H,19-26,28-30H2,1-4H3,(H,53,59)/t38-,43-,44+/m1/s1. The molecule has 2 amide bonds. The Bertz CT molecular complexity index is 2590. The fraction of sp³-hybridized carbons (Fsp3) is 0.373. The molecular formula is C51H56FN3O10S2. The first-order valence-corrected chi connectivity index (χ1v) is 23.9. The lowest BCUT2D eigenvalue weighted by Gasteiger charge is -2.34. The van der Waals surface area contributed by atoms with Crippen molar-refractivity contribution in [3.8, 4) is 43.9 Å². The monoisotopic (exact) mass is 953 g/mol. The van der Waals surface area contributed by atoms with Crippen LogP contribution in [0.1, 0.15) is 44.9 Å². The number of phenols is 1. The van der Waals surface area contributed by atoms with Gasteiger partial charge in [0.25, 0.3) is 0 Å². The first-order chi connectivity index (χ1) is 32.2. The predicted octanol–water partition coefficient (Wildman–Crippen LogP) is 8.97. The molecule has 6 aromatic rings. The summed E-state index contributed by atoms with van der Waals surface area (Å²) >= 11 is 3.02. The maximum absolute atomic E-state index is 14.0. The predicted molar refractivity (Wildman–Crippen MR) is 256 cm³/mol. The van der Waals surface area contributed by atoms with Crippen LogP contribution in [-0.2, 0) is 35.1 Å². The van der Waals surface area contributed by atoms with Gasteiger partial charge in [0.2, 0.25) is 11.8 Å². The highest BCUT2D eigenvalue weighted by molar-refractivity contribution is 7.22. The number of carbonyl (C=O) groups is 3. The normalized spacial score (nSPS) is 15.5. The van der Waals surface area contributed by atoms with E-state index in [2.05, 4.69) is 10.3 Å². The number of rotatable bonds is 22. The van der Waals surface area contributed by atoms with Crippen LogP contribution in [0.5, 0.6) is 23.0 Å². The molecule has 1 aliphatic rings. The Morgan fingerprint density at radius 2 is 1.49 bits per heavy atom. The molecule has 13 nitrogen and oxygen atoms in total. The summed E-state index contributed by atoms with van der Waals surface area (Å²) in [5.74, 6) is -0.00913. The summed E-state index contributed by atoms with van der Waals surface area (Å²) in [5, 5.41) is 24.4. The van der Waals surface area contributed by atoms with Crippen molar-refractivity contribution in [3.63, 3.8) is 0 Å². The zero-order valence-electron chi connectivity index (χ0n) is 38.0. The van der Waals surface area contributed by atoms with Crippen molar-refractivity contribution in [1.29, 1.82) is 0 Å². The second kappa shape index (κ2) is 22.8. The molecule has 16 heteroatoms. The minimum absolute atomic E-state index is 0.0155. The summed E-state index contributed by atoms with van der Waals surface area (Å²) in [5.41, 5.74) is 4.93. The Morgan fingerprint density at radius 1 is 0.851 bits per heavy atom. The lowest BCUT2D eigenvalue weighted by Crippen LogP contribution is -2.50. The van der Waals surface area contributed by atoms with Gasteiger partial charge in [-0.1, -0.05) is 57.2 Å². The van der Waals surface area contributed by atoms with Crippen LogP contribution < -0.4 is 14.8 Å². The molecule has 67 heavy (non-hydrogen) atoms. The van der Waals surface area contributed by atoms with Gasteiger partial charge in [0.15, 0.2) is 11.5 Å². The quantitative estimate of drug-likeness (QED) is 0.0557. The third-order valence-corrected chi connectivity index (χ3v) is 13.5.